The molecule has 2 aromatic carbocycles. The number of likely N-dealkylation sites (tertiary alicyclic amines) is 1. The molecule has 1 aromatic heterocycles. The largest absolute Gasteiger partial charge is 0.359 e. The number of H-pyrrole nitrogens is 1. The van der Waals surface area contributed by atoms with Crippen LogP contribution >= 0.6 is 0 Å². The van der Waals surface area contributed by atoms with Crippen molar-refractivity contribution in [2.45, 2.75) is 84.8 Å². The smallest absolute Gasteiger partial charge is 0.267 e. The van der Waals surface area contributed by atoms with Gasteiger partial charge in [-0.05, 0) is 93.5 Å². The van der Waals surface area contributed by atoms with E-state index in [4.69, 9.17) is 0 Å². The van der Waals surface area contributed by atoms with Crippen molar-refractivity contribution in [3.05, 3.63) is 98.2 Å². The number of benzene rings is 2. The highest BCUT2D eigenvalue weighted by Gasteiger charge is 2.52. The van der Waals surface area contributed by atoms with Crippen LogP contribution in [0.5, 0.6) is 0 Å². The molecule has 9 nitrogen and oxygen atoms in total. The van der Waals surface area contributed by atoms with Crippen molar-refractivity contribution in [2.24, 2.45) is 5.41 Å². The number of rotatable bonds is 10. The second-order valence-electron chi connectivity index (χ2n) is 11.7. The maximum Gasteiger partial charge on any atom is 0.267 e. The van der Waals surface area contributed by atoms with Crippen LogP contribution in [0.25, 0.3) is 0 Å². The van der Waals surface area contributed by atoms with E-state index in [0.717, 1.165) is 11.1 Å². The summed E-state index contributed by atoms with van der Waals surface area (Å²) in [5.41, 5.74) is 2.96. The fraction of sp³-hybridized carbons (Fsp3) is 0.441. The lowest BCUT2D eigenvalue weighted by Crippen LogP contribution is -2.57. The Balaban J connectivity index is 1.59. The van der Waals surface area contributed by atoms with Crippen LogP contribution in [0.15, 0.2) is 53.3 Å². The van der Waals surface area contributed by atoms with Gasteiger partial charge >= 0.3 is 0 Å². The third kappa shape index (κ3) is 6.44. The average Bonchev–Trinajstić information content (AvgIpc) is 3.45. The van der Waals surface area contributed by atoms with Crippen LogP contribution in [0.3, 0.4) is 0 Å². The quantitative estimate of drug-likeness (QED) is 0.314. The van der Waals surface area contributed by atoms with Crippen molar-refractivity contribution in [3.8, 4) is 0 Å². The first kappa shape index (κ1) is 32.6. The first-order valence-electron chi connectivity index (χ1n) is 15.2. The Morgan fingerprint density at radius 2 is 1.80 bits per heavy atom. The highest BCUT2D eigenvalue weighted by Crippen LogP contribution is 2.47. The highest BCUT2D eigenvalue weighted by atomic mass is 19.1. The first-order chi connectivity index (χ1) is 20.9. The Morgan fingerprint density at radius 1 is 1.07 bits per heavy atom. The monoisotopic (exact) mass is 603 g/mol. The highest BCUT2D eigenvalue weighted by molar-refractivity contribution is 5.98. The van der Waals surface area contributed by atoms with Crippen molar-refractivity contribution in [1.82, 2.24) is 25.7 Å². The predicted molar refractivity (Wildman–Crippen MR) is 167 cm³/mol. The molecule has 1 aliphatic rings. The van der Waals surface area contributed by atoms with Gasteiger partial charge in [-0.25, -0.2) is 9.49 Å². The van der Waals surface area contributed by atoms with Gasteiger partial charge in [0.2, 0.25) is 11.8 Å². The SMILES string of the molecule is CCC(CC)(C(=O)NC)[C@H]1CC[C@@H](c2cccc(F)c2)N1C(=O)[C@@H](C)NC(=O)c1ccc(Cc2cc(C)n[nH]c2=O)c(C)c1. The van der Waals surface area contributed by atoms with Crippen molar-refractivity contribution >= 4 is 17.7 Å². The molecule has 10 heteroatoms. The van der Waals surface area contributed by atoms with Gasteiger partial charge in [-0.15, -0.1) is 0 Å². The lowest BCUT2D eigenvalue weighted by atomic mass is 9.73. The Kier molecular flexibility index (Phi) is 10.0. The van der Waals surface area contributed by atoms with E-state index in [9.17, 15) is 23.6 Å². The number of carbonyl (C=O) groups excluding carboxylic acids is 3. The molecule has 2 heterocycles. The number of nitrogens with zero attached hydrogens (tertiary/aromatic N) is 2. The second kappa shape index (κ2) is 13.5. The Bertz CT molecular complexity index is 1600. The summed E-state index contributed by atoms with van der Waals surface area (Å²) in [6.45, 7) is 9.20. The minimum absolute atomic E-state index is 0.138. The summed E-state index contributed by atoms with van der Waals surface area (Å²) in [6, 6.07) is 11.4. The van der Waals surface area contributed by atoms with Gasteiger partial charge in [0.1, 0.15) is 11.9 Å². The molecule has 0 aliphatic carbocycles. The summed E-state index contributed by atoms with van der Waals surface area (Å²) < 4.78 is 14.3. The lowest BCUT2D eigenvalue weighted by Gasteiger charge is -2.43. The number of aromatic amines is 1. The zero-order valence-corrected chi connectivity index (χ0v) is 26.3. The summed E-state index contributed by atoms with van der Waals surface area (Å²) in [7, 11) is 1.60. The molecule has 3 N–H and O–H groups in total. The van der Waals surface area contributed by atoms with Gasteiger partial charge in [0.05, 0.1) is 17.2 Å². The van der Waals surface area contributed by atoms with E-state index >= 15 is 0 Å². The third-order valence-corrected chi connectivity index (χ3v) is 9.16. The summed E-state index contributed by atoms with van der Waals surface area (Å²) in [6.07, 6.45) is 2.57. The molecule has 3 aromatic rings. The summed E-state index contributed by atoms with van der Waals surface area (Å²) in [5, 5.41) is 12.1. The summed E-state index contributed by atoms with van der Waals surface area (Å²) in [4.78, 5) is 54.8. The number of hydrogen-bond acceptors (Lipinski definition) is 5. The molecule has 1 saturated heterocycles. The fourth-order valence-corrected chi connectivity index (χ4v) is 6.64. The predicted octanol–water partition coefficient (Wildman–Crippen LogP) is 4.52. The molecular formula is C34H42FN5O4. The number of aryl methyl sites for hydroxylation is 2. The molecule has 0 spiro atoms. The molecule has 234 valence electrons. The number of nitrogens with one attached hydrogen (secondary N) is 3. The maximum absolute atomic E-state index is 14.3. The van der Waals surface area contributed by atoms with Crippen molar-refractivity contribution in [2.75, 3.05) is 7.05 Å². The zero-order valence-electron chi connectivity index (χ0n) is 26.3. The van der Waals surface area contributed by atoms with Gasteiger partial charge in [0.25, 0.3) is 11.5 Å². The van der Waals surface area contributed by atoms with Crippen LogP contribution in [-0.4, -0.2) is 52.0 Å². The molecule has 1 aliphatic heterocycles. The maximum atomic E-state index is 14.3. The van der Waals surface area contributed by atoms with E-state index in [1.54, 1.807) is 56.1 Å². The van der Waals surface area contributed by atoms with Crippen LogP contribution in [0.2, 0.25) is 0 Å². The fourth-order valence-electron chi connectivity index (χ4n) is 6.64. The Hall–Kier alpha value is -4.34. The number of amides is 3. The standard InChI is InChI=1S/C34H42FN5O4/c1-7-34(8-2,33(44)36-6)29-15-14-28(24-10-9-11-27(35)19-24)40(29)32(43)22(5)37-30(41)25-13-12-23(20(3)16-25)18-26-17-21(4)38-39-31(26)42/h9-13,16-17,19,22,28-29H,7-8,14-15,18H2,1-6H3,(H,36,44)(H,37,41)(H,39,42)/t22-,28+,29-/m1/s1. The van der Waals surface area contributed by atoms with Gasteiger partial charge in [-0.3, -0.25) is 19.2 Å². The number of carbonyl (C=O) groups is 3. The van der Waals surface area contributed by atoms with Crippen molar-refractivity contribution in [3.63, 3.8) is 0 Å². The molecule has 3 atom stereocenters. The molecule has 1 fully saturated rings. The third-order valence-electron chi connectivity index (χ3n) is 9.16. The summed E-state index contributed by atoms with van der Waals surface area (Å²) >= 11 is 0. The van der Waals surface area contributed by atoms with Gasteiger partial charge in [-0.2, -0.15) is 5.10 Å². The van der Waals surface area contributed by atoms with Crippen molar-refractivity contribution < 1.29 is 18.8 Å². The Labute approximate surface area is 257 Å². The van der Waals surface area contributed by atoms with Crippen LogP contribution in [-0.2, 0) is 16.0 Å². The van der Waals surface area contributed by atoms with Crippen LogP contribution in [0, 0.1) is 25.1 Å². The number of aromatic nitrogens is 2. The van der Waals surface area contributed by atoms with Gasteiger partial charge in [-0.1, -0.05) is 32.0 Å². The van der Waals surface area contributed by atoms with Crippen LogP contribution < -0.4 is 16.2 Å². The minimum atomic E-state index is -0.909. The molecule has 4 rings (SSSR count). The Morgan fingerprint density at radius 3 is 2.43 bits per heavy atom. The normalized spacial score (nSPS) is 17.3. The average molecular weight is 604 g/mol. The lowest BCUT2D eigenvalue weighted by molar-refractivity contribution is -0.144. The number of hydrogen-bond donors (Lipinski definition) is 3. The molecule has 0 bridgehead atoms. The molecule has 0 radical (unpaired) electrons. The topological polar surface area (TPSA) is 124 Å². The van der Waals surface area contributed by atoms with E-state index in [2.05, 4.69) is 20.8 Å². The molecular weight excluding hydrogens is 561 g/mol. The van der Waals surface area contributed by atoms with Gasteiger partial charge in [0, 0.05) is 30.6 Å². The van der Waals surface area contributed by atoms with Gasteiger partial charge in [0.15, 0.2) is 0 Å². The zero-order chi connectivity index (χ0) is 32.2. The van der Waals surface area contributed by atoms with E-state index < -0.39 is 35.3 Å². The van der Waals surface area contributed by atoms with Crippen molar-refractivity contribution in [1.29, 1.82) is 0 Å². The minimum Gasteiger partial charge on any atom is -0.359 e. The van der Waals surface area contributed by atoms with E-state index in [1.165, 1.54) is 12.1 Å². The molecule has 0 saturated carbocycles. The summed E-state index contributed by atoms with van der Waals surface area (Å²) in [5.74, 6) is -1.28. The first-order valence-corrected chi connectivity index (χ1v) is 15.2. The van der Waals surface area contributed by atoms with E-state index in [-0.39, 0.29) is 17.4 Å². The number of halogens is 1. The molecule has 3 amide bonds. The van der Waals surface area contributed by atoms with E-state index in [1.807, 2.05) is 26.8 Å². The second-order valence-corrected chi connectivity index (χ2v) is 11.7. The van der Waals surface area contributed by atoms with Crippen LogP contribution in [0.1, 0.15) is 90.8 Å². The molecule has 44 heavy (non-hydrogen) atoms. The van der Waals surface area contributed by atoms with Crippen LogP contribution in [0.4, 0.5) is 4.39 Å². The molecule has 0 unspecified atom stereocenters. The van der Waals surface area contributed by atoms with E-state index in [0.29, 0.717) is 54.5 Å². The van der Waals surface area contributed by atoms with Gasteiger partial charge < -0.3 is 15.5 Å².